The summed E-state index contributed by atoms with van der Waals surface area (Å²) < 4.78 is 48.8. The van der Waals surface area contributed by atoms with Crippen molar-refractivity contribution in [3.63, 3.8) is 0 Å². The third-order valence-electron chi connectivity index (χ3n) is 2.96. The second kappa shape index (κ2) is 4.63. The maximum Gasteiger partial charge on any atom is 0.243 e. The first-order valence-electron chi connectivity index (χ1n) is 5.50. The molecule has 0 bridgehead atoms. The number of aryl methyl sites for hydroxylation is 1. The van der Waals surface area contributed by atoms with Crippen LogP contribution in [-0.4, -0.2) is 45.1 Å². The molecule has 2 rings (SSSR count). The zero-order valence-electron chi connectivity index (χ0n) is 9.88. The molecule has 1 aromatic heterocycles. The van der Waals surface area contributed by atoms with Crippen molar-refractivity contribution in [2.75, 3.05) is 18.1 Å². The Morgan fingerprint density at radius 1 is 1.56 bits per heavy atom. The largest absolute Gasteiger partial charge is 0.281 e. The predicted molar refractivity (Wildman–Crippen MR) is 65.3 cm³/mol. The van der Waals surface area contributed by atoms with E-state index in [9.17, 15) is 16.8 Å². The predicted octanol–water partition coefficient (Wildman–Crippen LogP) is -0.569. The van der Waals surface area contributed by atoms with Crippen LogP contribution in [0.5, 0.6) is 0 Å². The molecule has 18 heavy (non-hydrogen) atoms. The quantitative estimate of drug-likeness (QED) is 0.773. The second-order valence-corrected chi connectivity index (χ2v) is 8.44. The van der Waals surface area contributed by atoms with Gasteiger partial charge in [0.15, 0.2) is 9.84 Å². The molecule has 1 unspecified atom stereocenters. The number of aromatic amines is 1. The number of sulfone groups is 1. The lowest BCUT2D eigenvalue weighted by Gasteiger charge is -2.09. The fraction of sp³-hybridized carbons (Fsp3) is 0.667. The van der Waals surface area contributed by atoms with Crippen molar-refractivity contribution in [1.29, 1.82) is 0 Å². The molecule has 0 saturated carbocycles. The molecule has 7 nitrogen and oxygen atoms in total. The van der Waals surface area contributed by atoms with Crippen molar-refractivity contribution in [3.8, 4) is 0 Å². The van der Waals surface area contributed by atoms with E-state index in [1.54, 1.807) is 6.92 Å². The van der Waals surface area contributed by atoms with Gasteiger partial charge < -0.3 is 0 Å². The Balaban J connectivity index is 2.01. The van der Waals surface area contributed by atoms with E-state index in [2.05, 4.69) is 14.9 Å². The molecule has 0 spiro atoms. The van der Waals surface area contributed by atoms with Gasteiger partial charge in [-0.2, -0.15) is 5.10 Å². The molecule has 1 aromatic rings. The summed E-state index contributed by atoms with van der Waals surface area (Å²) >= 11 is 0. The van der Waals surface area contributed by atoms with Crippen molar-refractivity contribution in [3.05, 3.63) is 11.9 Å². The normalized spacial score (nSPS) is 23.3. The lowest BCUT2D eigenvalue weighted by Crippen LogP contribution is -2.30. The number of hydrogen-bond donors (Lipinski definition) is 2. The first kappa shape index (κ1) is 13.5. The van der Waals surface area contributed by atoms with Gasteiger partial charge in [0.2, 0.25) is 10.0 Å². The highest BCUT2D eigenvalue weighted by Gasteiger charge is 2.29. The zero-order chi connectivity index (χ0) is 13.4. The minimum absolute atomic E-state index is 0.0554. The number of nitrogens with zero attached hydrogens (tertiary/aromatic N) is 1. The lowest BCUT2D eigenvalue weighted by atomic mass is 10.1. The van der Waals surface area contributed by atoms with E-state index in [0.717, 1.165) is 0 Å². The standard InChI is InChI=1S/C9H15N3O4S2/c1-7-9(5-10-12-7)18(15,16)11-4-8-2-3-17(13,14)6-8/h5,8,11H,2-4,6H2,1H3,(H,10,12). The van der Waals surface area contributed by atoms with Crippen LogP contribution in [0.3, 0.4) is 0 Å². The number of H-pyrrole nitrogens is 1. The Hall–Kier alpha value is -0.930. The maximum absolute atomic E-state index is 11.9. The van der Waals surface area contributed by atoms with Gasteiger partial charge in [0.1, 0.15) is 4.90 Å². The SMILES string of the molecule is Cc1[nH]ncc1S(=O)(=O)NCC1CCS(=O)(=O)C1. The molecule has 2 N–H and O–H groups in total. The number of sulfonamides is 1. The fourth-order valence-corrected chi connectivity index (χ4v) is 5.06. The highest BCUT2D eigenvalue weighted by molar-refractivity contribution is 7.91. The molecule has 102 valence electrons. The molecule has 0 amide bonds. The highest BCUT2D eigenvalue weighted by Crippen LogP contribution is 2.18. The van der Waals surface area contributed by atoms with Gasteiger partial charge in [0, 0.05) is 6.54 Å². The van der Waals surface area contributed by atoms with Crippen molar-refractivity contribution in [1.82, 2.24) is 14.9 Å². The number of nitrogens with one attached hydrogen (secondary N) is 2. The summed E-state index contributed by atoms with van der Waals surface area (Å²) in [6.45, 7) is 1.76. The van der Waals surface area contributed by atoms with Crippen LogP contribution >= 0.6 is 0 Å². The van der Waals surface area contributed by atoms with Crippen molar-refractivity contribution >= 4 is 19.9 Å². The highest BCUT2D eigenvalue weighted by atomic mass is 32.2. The van der Waals surface area contributed by atoms with E-state index in [4.69, 9.17) is 0 Å². The topological polar surface area (TPSA) is 109 Å². The first-order valence-corrected chi connectivity index (χ1v) is 8.81. The molecule has 1 atom stereocenters. The van der Waals surface area contributed by atoms with Crippen LogP contribution in [0.15, 0.2) is 11.1 Å². The third kappa shape index (κ3) is 2.90. The van der Waals surface area contributed by atoms with Crippen molar-refractivity contribution < 1.29 is 16.8 Å². The van der Waals surface area contributed by atoms with Crippen LogP contribution in [0.4, 0.5) is 0 Å². The minimum atomic E-state index is -3.61. The van der Waals surface area contributed by atoms with E-state index in [0.29, 0.717) is 12.1 Å². The molecular formula is C9H15N3O4S2. The third-order valence-corrected chi connectivity index (χ3v) is 6.34. The smallest absolute Gasteiger partial charge is 0.243 e. The van der Waals surface area contributed by atoms with Gasteiger partial charge in [0.05, 0.1) is 23.4 Å². The fourth-order valence-electron chi connectivity index (χ4n) is 1.95. The van der Waals surface area contributed by atoms with Gasteiger partial charge in [-0.1, -0.05) is 0 Å². The molecule has 9 heteroatoms. The van der Waals surface area contributed by atoms with E-state index in [1.165, 1.54) is 6.20 Å². The van der Waals surface area contributed by atoms with Gasteiger partial charge in [0.25, 0.3) is 0 Å². The van der Waals surface area contributed by atoms with Gasteiger partial charge in [-0.25, -0.2) is 21.6 Å². The van der Waals surface area contributed by atoms with Crippen LogP contribution in [0.2, 0.25) is 0 Å². The Bertz CT molecular complexity index is 633. The molecule has 1 saturated heterocycles. The molecule has 2 heterocycles. The van der Waals surface area contributed by atoms with Crippen LogP contribution in [-0.2, 0) is 19.9 Å². The molecule has 1 fully saturated rings. The zero-order valence-corrected chi connectivity index (χ0v) is 11.5. The van der Waals surface area contributed by atoms with Crippen LogP contribution in [0.25, 0.3) is 0 Å². The first-order chi connectivity index (χ1) is 8.30. The van der Waals surface area contributed by atoms with Gasteiger partial charge >= 0.3 is 0 Å². The number of hydrogen-bond acceptors (Lipinski definition) is 5. The Morgan fingerprint density at radius 2 is 2.28 bits per heavy atom. The number of rotatable bonds is 4. The summed E-state index contributed by atoms with van der Waals surface area (Å²) in [6.07, 6.45) is 1.75. The van der Waals surface area contributed by atoms with Crippen LogP contribution in [0.1, 0.15) is 12.1 Å². The maximum atomic E-state index is 11.9. The molecule has 1 aliphatic heterocycles. The second-order valence-electron chi connectivity index (χ2n) is 4.48. The minimum Gasteiger partial charge on any atom is -0.281 e. The summed E-state index contributed by atoms with van der Waals surface area (Å²) in [5.41, 5.74) is 0.460. The monoisotopic (exact) mass is 293 g/mol. The summed E-state index contributed by atoms with van der Waals surface area (Å²) in [4.78, 5) is 0.100. The lowest BCUT2D eigenvalue weighted by molar-refractivity contribution is 0.543. The van der Waals surface area contributed by atoms with Crippen LogP contribution in [0, 0.1) is 12.8 Å². The van der Waals surface area contributed by atoms with Gasteiger partial charge in [-0.3, -0.25) is 5.10 Å². The molecule has 0 aliphatic carbocycles. The van der Waals surface area contributed by atoms with Crippen molar-refractivity contribution in [2.45, 2.75) is 18.2 Å². The molecule has 0 radical (unpaired) electrons. The van der Waals surface area contributed by atoms with E-state index < -0.39 is 19.9 Å². The van der Waals surface area contributed by atoms with Gasteiger partial charge in [-0.15, -0.1) is 0 Å². The molecular weight excluding hydrogens is 278 g/mol. The summed E-state index contributed by atoms with van der Waals surface area (Å²) in [7, 11) is -6.59. The van der Waals surface area contributed by atoms with Gasteiger partial charge in [-0.05, 0) is 19.3 Å². The average molecular weight is 293 g/mol. The molecule has 1 aliphatic rings. The summed E-state index contributed by atoms with van der Waals surface area (Å²) in [5.74, 6) is 0.0568. The summed E-state index contributed by atoms with van der Waals surface area (Å²) in [6, 6.07) is 0. The van der Waals surface area contributed by atoms with E-state index >= 15 is 0 Å². The molecule has 0 aromatic carbocycles. The van der Waals surface area contributed by atoms with Crippen molar-refractivity contribution in [2.24, 2.45) is 5.92 Å². The van der Waals surface area contributed by atoms with Crippen LogP contribution < -0.4 is 4.72 Å². The Kier molecular flexibility index (Phi) is 3.47. The van der Waals surface area contributed by atoms with E-state index in [1.807, 2.05) is 0 Å². The Morgan fingerprint density at radius 3 is 2.78 bits per heavy atom. The average Bonchev–Trinajstić information content (AvgIpc) is 2.82. The number of aromatic nitrogens is 2. The Labute approximate surface area is 106 Å². The van der Waals surface area contributed by atoms with E-state index in [-0.39, 0.29) is 28.9 Å². The summed E-state index contributed by atoms with van der Waals surface area (Å²) in [5, 5.41) is 6.20.